The van der Waals surface area contributed by atoms with Crippen LogP contribution in [0.4, 0.5) is 5.69 Å². The zero-order valence-corrected chi connectivity index (χ0v) is 13.8. The molecular weight excluding hydrogens is 326 g/mol. The number of nitrogens with one attached hydrogen (secondary N) is 1. The number of imidazole rings is 1. The normalized spacial score (nSPS) is 10.4. The number of anilines is 1. The fourth-order valence-electron chi connectivity index (χ4n) is 2.30. The van der Waals surface area contributed by atoms with Crippen LogP contribution < -0.4 is 10.1 Å². The van der Waals surface area contributed by atoms with Crippen molar-refractivity contribution in [3.8, 4) is 5.75 Å². The van der Waals surface area contributed by atoms with Gasteiger partial charge in [-0.1, -0.05) is 23.7 Å². The smallest absolute Gasteiger partial charge is 0.255 e. The third kappa shape index (κ3) is 3.75. The first-order valence-electron chi connectivity index (χ1n) is 7.35. The third-order valence-corrected chi connectivity index (χ3v) is 3.85. The SMILES string of the molecule is COc1ccc(NC(=O)c2ccc(Cn3ccnc3)cc2)cc1Cl. The first-order valence-corrected chi connectivity index (χ1v) is 7.73. The van der Waals surface area contributed by atoms with Crippen molar-refractivity contribution in [3.63, 3.8) is 0 Å². The minimum atomic E-state index is -0.189. The van der Waals surface area contributed by atoms with Crippen LogP contribution in [0.25, 0.3) is 0 Å². The lowest BCUT2D eigenvalue weighted by Gasteiger charge is -2.09. The highest BCUT2D eigenvalue weighted by Gasteiger charge is 2.08. The molecule has 0 atom stereocenters. The second-order valence-corrected chi connectivity index (χ2v) is 5.64. The van der Waals surface area contributed by atoms with Gasteiger partial charge in [-0.2, -0.15) is 0 Å². The lowest BCUT2D eigenvalue weighted by Crippen LogP contribution is -2.12. The molecule has 0 fully saturated rings. The summed E-state index contributed by atoms with van der Waals surface area (Å²) in [5, 5.41) is 3.27. The molecule has 24 heavy (non-hydrogen) atoms. The van der Waals surface area contributed by atoms with E-state index in [1.807, 2.05) is 22.9 Å². The number of rotatable bonds is 5. The Morgan fingerprint density at radius 3 is 2.67 bits per heavy atom. The van der Waals surface area contributed by atoms with Crippen LogP contribution in [0.2, 0.25) is 5.02 Å². The molecule has 1 amide bonds. The number of halogens is 1. The van der Waals surface area contributed by atoms with Crippen molar-refractivity contribution >= 4 is 23.2 Å². The summed E-state index contributed by atoms with van der Waals surface area (Å²) < 4.78 is 7.06. The summed E-state index contributed by atoms with van der Waals surface area (Å²) in [6, 6.07) is 12.6. The number of aromatic nitrogens is 2. The Labute approximate surface area is 144 Å². The van der Waals surface area contributed by atoms with E-state index in [4.69, 9.17) is 16.3 Å². The predicted octanol–water partition coefficient (Wildman–Crippen LogP) is 3.85. The van der Waals surface area contributed by atoms with Crippen LogP contribution in [0.3, 0.4) is 0 Å². The molecule has 1 aromatic heterocycles. The van der Waals surface area contributed by atoms with Crippen molar-refractivity contribution in [3.05, 3.63) is 77.3 Å². The number of ether oxygens (including phenoxy) is 1. The molecule has 122 valence electrons. The van der Waals surface area contributed by atoms with Gasteiger partial charge in [0.2, 0.25) is 0 Å². The summed E-state index contributed by atoms with van der Waals surface area (Å²) in [6.45, 7) is 0.718. The van der Waals surface area contributed by atoms with Gasteiger partial charge in [0.15, 0.2) is 0 Å². The van der Waals surface area contributed by atoms with Crippen LogP contribution >= 0.6 is 11.6 Å². The molecule has 3 aromatic rings. The van der Waals surface area contributed by atoms with Crippen LogP contribution in [0, 0.1) is 0 Å². The summed E-state index contributed by atoms with van der Waals surface area (Å²) in [7, 11) is 1.55. The van der Waals surface area contributed by atoms with Gasteiger partial charge in [-0.25, -0.2) is 4.98 Å². The summed E-state index contributed by atoms with van der Waals surface area (Å²) in [4.78, 5) is 16.3. The predicted molar refractivity (Wildman–Crippen MR) is 93.7 cm³/mol. The molecule has 1 N–H and O–H groups in total. The van der Waals surface area contributed by atoms with Crippen LogP contribution in [-0.4, -0.2) is 22.6 Å². The first kappa shape index (κ1) is 16.1. The highest BCUT2D eigenvalue weighted by Crippen LogP contribution is 2.27. The Hall–Kier alpha value is -2.79. The maximum atomic E-state index is 12.3. The lowest BCUT2D eigenvalue weighted by atomic mass is 10.1. The van der Waals surface area contributed by atoms with Crippen LogP contribution in [0.15, 0.2) is 61.2 Å². The molecular formula is C18H16ClN3O2. The third-order valence-electron chi connectivity index (χ3n) is 3.55. The Morgan fingerprint density at radius 1 is 1.25 bits per heavy atom. The topological polar surface area (TPSA) is 56.1 Å². The van der Waals surface area contributed by atoms with Gasteiger partial charge in [-0.15, -0.1) is 0 Å². The lowest BCUT2D eigenvalue weighted by molar-refractivity contribution is 0.102. The fraction of sp³-hybridized carbons (Fsp3) is 0.111. The Kier molecular flexibility index (Phi) is 4.82. The number of hydrogen-bond donors (Lipinski definition) is 1. The number of methoxy groups -OCH3 is 1. The fourth-order valence-corrected chi connectivity index (χ4v) is 2.56. The Bertz CT molecular complexity index is 830. The number of carbonyl (C=O) groups excluding carboxylic acids is 1. The van der Waals surface area contributed by atoms with E-state index in [0.717, 1.165) is 12.1 Å². The van der Waals surface area contributed by atoms with Crippen molar-refractivity contribution in [2.24, 2.45) is 0 Å². The average molecular weight is 342 g/mol. The van der Waals surface area contributed by atoms with Crippen molar-refractivity contribution in [2.45, 2.75) is 6.54 Å². The van der Waals surface area contributed by atoms with E-state index < -0.39 is 0 Å². The molecule has 0 bridgehead atoms. The highest BCUT2D eigenvalue weighted by atomic mass is 35.5. The van der Waals surface area contributed by atoms with Crippen LogP contribution in [-0.2, 0) is 6.54 Å². The Morgan fingerprint density at radius 2 is 2.04 bits per heavy atom. The summed E-state index contributed by atoms with van der Waals surface area (Å²) in [5.74, 6) is 0.379. The quantitative estimate of drug-likeness (QED) is 0.767. The molecule has 0 radical (unpaired) electrons. The zero-order valence-electron chi connectivity index (χ0n) is 13.1. The van der Waals surface area contributed by atoms with Crippen molar-refractivity contribution in [1.82, 2.24) is 9.55 Å². The van der Waals surface area contributed by atoms with Gasteiger partial charge in [0.1, 0.15) is 5.75 Å². The molecule has 0 spiro atoms. The number of amides is 1. The number of hydrogen-bond acceptors (Lipinski definition) is 3. The first-order chi connectivity index (χ1) is 11.7. The minimum Gasteiger partial charge on any atom is -0.495 e. The van der Waals surface area contributed by atoms with E-state index in [0.29, 0.717) is 22.0 Å². The minimum absolute atomic E-state index is 0.189. The van der Waals surface area contributed by atoms with Gasteiger partial charge < -0.3 is 14.6 Å². The van der Waals surface area contributed by atoms with Crippen LogP contribution in [0.5, 0.6) is 5.75 Å². The second-order valence-electron chi connectivity index (χ2n) is 5.24. The summed E-state index contributed by atoms with van der Waals surface area (Å²) in [6.07, 6.45) is 5.39. The van der Waals surface area contributed by atoms with E-state index in [-0.39, 0.29) is 5.91 Å². The highest BCUT2D eigenvalue weighted by molar-refractivity contribution is 6.32. The molecule has 2 aromatic carbocycles. The molecule has 0 aliphatic heterocycles. The molecule has 0 saturated carbocycles. The van der Waals surface area contributed by atoms with Gasteiger partial charge in [0.25, 0.3) is 5.91 Å². The maximum absolute atomic E-state index is 12.3. The number of benzene rings is 2. The summed E-state index contributed by atoms with van der Waals surface area (Å²) in [5.41, 5.74) is 2.29. The van der Waals surface area contributed by atoms with Crippen molar-refractivity contribution in [1.29, 1.82) is 0 Å². The van der Waals surface area contributed by atoms with Crippen LogP contribution in [0.1, 0.15) is 15.9 Å². The van der Waals surface area contributed by atoms with E-state index >= 15 is 0 Å². The van der Waals surface area contributed by atoms with Gasteiger partial charge in [-0.3, -0.25) is 4.79 Å². The van der Waals surface area contributed by atoms with Crippen molar-refractivity contribution < 1.29 is 9.53 Å². The molecule has 6 heteroatoms. The summed E-state index contributed by atoms with van der Waals surface area (Å²) >= 11 is 6.06. The largest absolute Gasteiger partial charge is 0.495 e. The van der Waals surface area contributed by atoms with Gasteiger partial charge in [0, 0.05) is 30.2 Å². The zero-order chi connectivity index (χ0) is 16.9. The molecule has 0 saturated heterocycles. The molecule has 0 aliphatic carbocycles. The maximum Gasteiger partial charge on any atom is 0.255 e. The molecule has 0 aliphatic rings. The monoisotopic (exact) mass is 341 g/mol. The van der Waals surface area contributed by atoms with E-state index in [1.54, 1.807) is 50.0 Å². The molecule has 0 unspecified atom stereocenters. The standard InChI is InChI=1S/C18H16ClN3O2/c1-24-17-7-6-15(10-16(17)19)21-18(23)14-4-2-13(3-5-14)11-22-9-8-20-12-22/h2-10,12H,11H2,1H3,(H,21,23). The average Bonchev–Trinajstić information content (AvgIpc) is 3.08. The van der Waals surface area contributed by atoms with Gasteiger partial charge >= 0.3 is 0 Å². The molecule has 3 rings (SSSR count). The molecule has 5 nitrogen and oxygen atoms in total. The van der Waals surface area contributed by atoms with Crippen molar-refractivity contribution in [2.75, 3.05) is 12.4 Å². The van der Waals surface area contributed by atoms with Gasteiger partial charge in [-0.05, 0) is 35.9 Å². The Balaban J connectivity index is 1.67. The number of carbonyl (C=O) groups is 1. The number of nitrogens with zero attached hydrogens (tertiary/aromatic N) is 2. The molecule has 1 heterocycles. The van der Waals surface area contributed by atoms with E-state index in [2.05, 4.69) is 10.3 Å². The second kappa shape index (κ2) is 7.19. The van der Waals surface area contributed by atoms with E-state index in [9.17, 15) is 4.79 Å². The van der Waals surface area contributed by atoms with Gasteiger partial charge in [0.05, 0.1) is 18.5 Å². The van der Waals surface area contributed by atoms with E-state index in [1.165, 1.54) is 0 Å².